The van der Waals surface area contributed by atoms with Crippen LogP contribution in [0.2, 0.25) is 21.6 Å². The molecule has 160 valence electrons. The number of rotatable bonds is 8. The third-order valence-electron chi connectivity index (χ3n) is 5.31. The number of halogens is 2. The molecule has 0 fully saturated rings. The minimum atomic E-state index is -2.16. The van der Waals surface area contributed by atoms with Gasteiger partial charge in [0.15, 0.2) is 11.5 Å². The molecule has 10 heteroatoms. The van der Waals surface area contributed by atoms with Crippen molar-refractivity contribution in [1.82, 2.24) is 10.3 Å². The number of hydrogen-bond acceptors (Lipinski definition) is 6. The van der Waals surface area contributed by atoms with Crippen LogP contribution >= 0.6 is 11.6 Å². The molecule has 2 N–H and O–H groups in total. The van der Waals surface area contributed by atoms with Crippen LogP contribution in [0.25, 0.3) is 0 Å². The van der Waals surface area contributed by atoms with E-state index in [9.17, 15) is 9.60 Å². The van der Waals surface area contributed by atoms with Crippen LogP contribution in [0.15, 0.2) is 22.8 Å². The molecule has 1 aromatic heterocycles. The molecule has 0 aliphatic carbocycles. The number of amidine groups is 1. The van der Waals surface area contributed by atoms with Gasteiger partial charge in [-0.25, -0.2) is 14.1 Å². The molecule has 0 aliphatic rings. The molecule has 1 aromatic carbocycles. The number of nitrogens with one attached hydrogen (secondary N) is 1. The maximum Gasteiger partial charge on any atom is 0.200 e. The minimum Gasteiger partial charge on any atom is -0.410 e. The Kier molecular flexibility index (Phi) is 7.55. The molecule has 1 heterocycles. The monoisotopic (exact) mass is 442 g/mol. The lowest BCUT2D eigenvalue weighted by Crippen LogP contribution is -2.47. The van der Waals surface area contributed by atoms with E-state index in [1.165, 1.54) is 12.1 Å². The zero-order valence-corrected chi connectivity index (χ0v) is 19.3. The summed E-state index contributed by atoms with van der Waals surface area (Å²) in [5.41, 5.74) is 1.61. The van der Waals surface area contributed by atoms with Crippen molar-refractivity contribution < 1.29 is 18.7 Å². The van der Waals surface area contributed by atoms with E-state index in [2.05, 4.69) is 51.9 Å². The molecule has 0 atom stereocenters. The van der Waals surface area contributed by atoms with E-state index in [1.807, 2.05) is 0 Å². The van der Waals surface area contributed by atoms with Gasteiger partial charge in [-0.3, -0.25) is 10.6 Å². The topological polar surface area (TPSA) is 95.5 Å². The molecule has 0 radical (unpaired) electrons. The van der Waals surface area contributed by atoms with Gasteiger partial charge in [-0.15, -0.1) is 0 Å². The molecule has 0 unspecified atom stereocenters. The van der Waals surface area contributed by atoms with Crippen LogP contribution in [0, 0.1) is 11.2 Å². The molecule has 0 bridgehead atoms. The predicted octanol–water partition coefficient (Wildman–Crippen LogP) is 5.78. The second-order valence-electron chi connectivity index (χ2n) is 7.92. The van der Waals surface area contributed by atoms with Crippen LogP contribution in [0.5, 0.6) is 0 Å². The fourth-order valence-electron chi connectivity index (χ4n) is 4.02. The number of benzene rings is 1. The van der Waals surface area contributed by atoms with E-state index in [1.54, 1.807) is 0 Å². The molecular weight excluding hydrogens is 415 g/mol. The van der Waals surface area contributed by atoms with E-state index in [4.69, 9.17) is 26.1 Å². The van der Waals surface area contributed by atoms with Crippen LogP contribution in [0.3, 0.4) is 0 Å². The lowest BCUT2D eigenvalue weighted by molar-refractivity contribution is 0.246. The summed E-state index contributed by atoms with van der Waals surface area (Å²) in [4.78, 5) is 0. The standard InChI is InChI=1S/C19H28ClFN4O3Si/c1-11(2)29(12(3)4,13(5)6)27-10-17-18(24-28-23-17)19(22)25(26)14-7-8-16(21)15(20)9-14/h7-9,11-13,22,26H,10H2,1-6H3. The van der Waals surface area contributed by atoms with Gasteiger partial charge in [-0.1, -0.05) is 58.3 Å². The Labute approximate surface area is 176 Å². The number of nitrogens with zero attached hydrogens (tertiary/aromatic N) is 3. The molecule has 0 saturated carbocycles. The normalized spacial score (nSPS) is 12.3. The van der Waals surface area contributed by atoms with E-state index < -0.39 is 14.1 Å². The Balaban J connectivity index is 2.26. The van der Waals surface area contributed by atoms with Crippen LogP contribution in [0.4, 0.5) is 10.1 Å². The Morgan fingerprint density at radius 2 is 1.79 bits per heavy atom. The van der Waals surface area contributed by atoms with E-state index in [-0.39, 0.29) is 28.8 Å². The molecule has 2 aromatic rings. The second kappa shape index (κ2) is 9.33. The van der Waals surface area contributed by atoms with Gasteiger partial charge in [0.05, 0.1) is 17.3 Å². The first-order chi connectivity index (χ1) is 13.5. The van der Waals surface area contributed by atoms with Crippen molar-refractivity contribution in [1.29, 1.82) is 5.41 Å². The van der Waals surface area contributed by atoms with Crippen LogP contribution in [-0.2, 0) is 11.0 Å². The maximum absolute atomic E-state index is 13.4. The van der Waals surface area contributed by atoms with Gasteiger partial charge in [0, 0.05) is 0 Å². The highest BCUT2D eigenvalue weighted by molar-refractivity contribution is 6.77. The van der Waals surface area contributed by atoms with Crippen LogP contribution in [-0.4, -0.2) is 29.7 Å². The van der Waals surface area contributed by atoms with Crippen molar-refractivity contribution in [2.45, 2.75) is 64.8 Å². The Morgan fingerprint density at radius 1 is 1.21 bits per heavy atom. The number of anilines is 1. The summed E-state index contributed by atoms with van der Waals surface area (Å²) in [5, 5.41) is 26.7. The lowest BCUT2D eigenvalue weighted by Gasteiger charge is -2.42. The first kappa shape index (κ1) is 23.5. The largest absolute Gasteiger partial charge is 0.410 e. The number of hydroxylamine groups is 1. The number of aromatic nitrogens is 2. The summed E-state index contributed by atoms with van der Waals surface area (Å²) in [6.07, 6.45) is 0. The first-order valence-corrected chi connectivity index (χ1v) is 12.0. The summed E-state index contributed by atoms with van der Waals surface area (Å²) in [7, 11) is -2.16. The number of hydrogen-bond donors (Lipinski definition) is 2. The third-order valence-corrected chi connectivity index (χ3v) is 11.7. The van der Waals surface area contributed by atoms with E-state index >= 15 is 0 Å². The average Bonchev–Trinajstić information content (AvgIpc) is 3.11. The Morgan fingerprint density at radius 3 is 2.31 bits per heavy atom. The minimum absolute atomic E-state index is 0.0483. The van der Waals surface area contributed by atoms with Crippen molar-refractivity contribution in [2.75, 3.05) is 5.06 Å². The lowest BCUT2D eigenvalue weighted by atomic mass is 10.2. The highest BCUT2D eigenvalue weighted by atomic mass is 35.5. The molecule has 0 saturated heterocycles. The zero-order valence-electron chi connectivity index (χ0n) is 17.5. The van der Waals surface area contributed by atoms with Gasteiger partial charge in [0.2, 0.25) is 8.32 Å². The highest BCUT2D eigenvalue weighted by Gasteiger charge is 2.45. The molecule has 7 nitrogen and oxygen atoms in total. The first-order valence-electron chi connectivity index (χ1n) is 9.50. The van der Waals surface area contributed by atoms with E-state index in [0.717, 1.165) is 6.07 Å². The molecule has 0 aliphatic heterocycles. The van der Waals surface area contributed by atoms with Gasteiger partial charge in [0.25, 0.3) is 0 Å². The fraction of sp³-hybridized carbons (Fsp3) is 0.526. The molecule has 0 spiro atoms. The van der Waals surface area contributed by atoms with Gasteiger partial charge in [0.1, 0.15) is 11.5 Å². The van der Waals surface area contributed by atoms with Crippen molar-refractivity contribution in [3.63, 3.8) is 0 Å². The molecule has 2 rings (SSSR count). The zero-order chi connectivity index (χ0) is 21.9. The van der Waals surface area contributed by atoms with Gasteiger partial charge >= 0.3 is 0 Å². The van der Waals surface area contributed by atoms with Crippen molar-refractivity contribution in [3.8, 4) is 0 Å². The predicted molar refractivity (Wildman–Crippen MR) is 113 cm³/mol. The fourth-order valence-corrected chi connectivity index (χ4v) is 9.58. The van der Waals surface area contributed by atoms with Gasteiger partial charge in [-0.05, 0) is 40.0 Å². The molecular formula is C19H28ClFN4O3Si. The van der Waals surface area contributed by atoms with Gasteiger partial charge < -0.3 is 4.43 Å². The molecule has 0 amide bonds. The van der Waals surface area contributed by atoms with Crippen molar-refractivity contribution in [2.24, 2.45) is 0 Å². The van der Waals surface area contributed by atoms with E-state index in [0.29, 0.717) is 27.4 Å². The quantitative estimate of drug-likeness (QED) is 0.233. The maximum atomic E-state index is 13.4. The van der Waals surface area contributed by atoms with Crippen LogP contribution in [0.1, 0.15) is 52.9 Å². The summed E-state index contributed by atoms with van der Waals surface area (Å²) in [6, 6.07) is 3.62. The Bertz CT molecular complexity index is 838. The Hall–Kier alpha value is -1.81. The summed E-state index contributed by atoms with van der Waals surface area (Å²) in [6.45, 7) is 13.1. The summed E-state index contributed by atoms with van der Waals surface area (Å²) in [5.74, 6) is -0.997. The smallest absolute Gasteiger partial charge is 0.200 e. The molecule has 29 heavy (non-hydrogen) atoms. The third kappa shape index (κ3) is 4.68. The highest BCUT2D eigenvalue weighted by Crippen LogP contribution is 2.42. The average molecular weight is 443 g/mol. The van der Waals surface area contributed by atoms with Crippen molar-refractivity contribution >= 4 is 31.4 Å². The van der Waals surface area contributed by atoms with Crippen molar-refractivity contribution in [3.05, 3.63) is 40.4 Å². The SMILES string of the molecule is CC(C)[Si](OCc1nonc1C(=N)N(O)c1ccc(F)c(Cl)c1)(C(C)C)C(C)C. The summed E-state index contributed by atoms with van der Waals surface area (Å²) >= 11 is 5.76. The van der Waals surface area contributed by atoms with Crippen LogP contribution < -0.4 is 5.06 Å². The van der Waals surface area contributed by atoms with Gasteiger partial charge in [-0.2, -0.15) is 0 Å². The summed E-state index contributed by atoms with van der Waals surface area (Å²) < 4.78 is 24.7. The second-order valence-corrected chi connectivity index (χ2v) is 13.8.